The van der Waals surface area contributed by atoms with Gasteiger partial charge in [0.1, 0.15) is 11.5 Å². The topological polar surface area (TPSA) is 92.0 Å². The molecule has 7 heteroatoms. The molecule has 0 saturated carbocycles. The number of aliphatic imine (C=N–C) groups is 1. The van der Waals surface area contributed by atoms with E-state index in [4.69, 9.17) is 15.5 Å². The lowest BCUT2D eigenvalue weighted by Crippen LogP contribution is -2.49. The van der Waals surface area contributed by atoms with Gasteiger partial charge in [-0.05, 0) is 50.5 Å². The Kier molecular flexibility index (Phi) is 8.29. The lowest BCUT2D eigenvalue weighted by molar-refractivity contribution is -0.119. The van der Waals surface area contributed by atoms with E-state index in [1.165, 1.54) is 0 Å². The molecule has 1 saturated heterocycles. The molecule has 3 rings (SSSR count). The highest BCUT2D eigenvalue weighted by molar-refractivity contribution is 5.80. The van der Waals surface area contributed by atoms with Crippen molar-refractivity contribution < 1.29 is 9.53 Å². The van der Waals surface area contributed by atoms with Gasteiger partial charge >= 0.3 is 0 Å². The maximum atomic E-state index is 11.1. The number of nitrogens with two attached hydrogens (primary N) is 1. The predicted octanol–water partition coefficient (Wildman–Crippen LogP) is 2.79. The van der Waals surface area contributed by atoms with Crippen LogP contribution in [0.5, 0.6) is 11.5 Å². The number of ether oxygens (including phenoxy) is 1. The summed E-state index contributed by atoms with van der Waals surface area (Å²) in [5.74, 6) is 2.16. The Morgan fingerprint density at radius 2 is 1.97 bits per heavy atom. The second-order valence-electron chi connectivity index (χ2n) is 7.88. The summed E-state index contributed by atoms with van der Waals surface area (Å²) in [6.07, 6.45) is 1.90. The number of aryl methyl sites for hydroxylation is 1. The number of carbonyl (C=O) groups excluding carboxylic acids is 1. The Bertz CT molecular complexity index is 891. The Morgan fingerprint density at radius 3 is 2.68 bits per heavy atom. The van der Waals surface area contributed by atoms with Crippen molar-refractivity contribution in [3.63, 3.8) is 0 Å². The predicted molar refractivity (Wildman–Crippen MR) is 124 cm³/mol. The molecule has 0 radical (unpaired) electrons. The Morgan fingerprint density at radius 1 is 1.19 bits per heavy atom. The summed E-state index contributed by atoms with van der Waals surface area (Å²) in [6, 6.07) is 16.3. The number of likely N-dealkylation sites (tertiary alicyclic amines) is 1. The van der Waals surface area contributed by atoms with Crippen LogP contribution in [0.15, 0.2) is 53.5 Å². The number of carbonyl (C=O) groups is 1. The van der Waals surface area contributed by atoms with E-state index < -0.39 is 0 Å². The number of hydrogen-bond acceptors (Lipinski definition) is 4. The van der Waals surface area contributed by atoms with E-state index in [9.17, 15) is 4.79 Å². The van der Waals surface area contributed by atoms with Gasteiger partial charge in [0.05, 0.1) is 13.1 Å². The van der Waals surface area contributed by atoms with Crippen molar-refractivity contribution in [2.24, 2.45) is 10.7 Å². The quantitative estimate of drug-likeness (QED) is 0.449. The lowest BCUT2D eigenvalue weighted by Gasteiger charge is -2.32. The van der Waals surface area contributed by atoms with Gasteiger partial charge in [0.15, 0.2) is 5.96 Å². The molecule has 1 aliphatic rings. The molecule has 7 nitrogen and oxygen atoms in total. The third-order valence-electron chi connectivity index (χ3n) is 5.25. The average molecular weight is 424 g/mol. The molecular weight excluding hydrogens is 390 g/mol. The monoisotopic (exact) mass is 423 g/mol. The third-order valence-corrected chi connectivity index (χ3v) is 5.25. The minimum absolute atomic E-state index is 0.271. The minimum atomic E-state index is -0.271. The summed E-state index contributed by atoms with van der Waals surface area (Å²) in [6.45, 7) is 7.45. The molecule has 4 N–H and O–H groups in total. The van der Waals surface area contributed by atoms with E-state index in [1.807, 2.05) is 42.5 Å². The Balaban J connectivity index is 1.62. The van der Waals surface area contributed by atoms with Gasteiger partial charge in [0.25, 0.3) is 0 Å². The number of nitrogens with zero attached hydrogens (tertiary/aromatic N) is 2. The van der Waals surface area contributed by atoms with Crippen molar-refractivity contribution in [1.29, 1.82) is 0 Å². The number of para-hydroxylation sites is 1. The molecule has 0 aromatic heterocycles. The van der Waals surface area contributed by atoms with Crippen molar-refractivity contribution in [2.45, 2.75) is 39.3 Å². The molecule has 166 valence electrons. The van der Waals surface area contributed by atoms with Crippen LogP contribution in [0, 0.1) is 6.92 Å². The van der Waals surface area contributed by atoms with Crippen LogP contribution >= 0.6 is 0 Å². The number of guanidine groups is 1. The van der Waals surface area contributed by atoms with E-state index in [-0.39, 0.29) is 5.91 Å². The summed E-state index contributed by atoms with van der Waals surface area (Å²) in [5, 5.41) is 6.86. The molecule has 1 heterocycles. The SMILES string of the molecule is CCNC(=NCc1ccccc1Oc1cccc(C)c1)NC1CCN(CC(N)=O)CC1. The van der Waals surface area contributed by atoms with Gasteiger partial charge < -0.3 is 21.1 Å². The number of primary amides is 1. The minimum Gasteiger partial charge on any atom is -0.457 e. The summed E-state index contributed by atoms with van der Waals surface area (Å²) in [7, 11) is 0. The van der Waals surface area contributed by atoms with Crippen molar-refractivity contribution in [3.05, 3.63) is 59.7 Å². The first-order valence-corrected chi connectivity index (χ1v) is 10.9. The Labute approximate surface area is 184 Å². The van der Waals surface area contributed by atoms with Crippen LogP contribution in [0.25, 0.3) is 0 Å². The highest BCUT2D eigenvalue weighted by Gasteiger charge is 2.20. The van der Waals surface area contributed by atoms with Crippen LogP contribution in [0.1, 0.15) is 30.9 Å². The molecule has 1 amide bonds. The fraction of sp³-hybridized carbons (Fsp3) is 0.417. The Hall–Kier alpha value is -3.06. The highest BCUT2D eigenvalue weighted by Crippen LogP contribution is 2.26. The maximum Gasteiger partial charge on any atom is 0.231 e. The van der Waals surface area contributed by atoms with E-state index in [0.717, 1.165) is 61.1 Å². The number of rotatable bonds is 8. The number of hydrogen-bond donors (Lipinski definition) is 3. The summed E-state index contributed by atoms with van der Waals surface area (Å²) in [5.41, 5.74) is 7.49. The van der Waals surface area contributed by atoms with E-state index in [0.29, 0.717) is 19.1 Å². The molecule has 2 aromatic carbocycles. The smallest absolute Gasteiger partial charge is 0.231 e. The molecular formula is C24H33N5O2. The number of piperidine rings is 1. The van der Waals surface area contributed by atoms with Crippen LogP contribution in [-0.2, 0) is 11.3 Å². The molecule has 31 heavy (non-hydrogen) atoms. The summed E-state index contributed by atoms with van der Waals surface area (Å²) < 4.78 is 6.12. The van der Waals surface area contributed by atoms with Gasteiger partial charge in [-0.25, -0.2) is 4.99 Å². The molecule has 0 spiro atoms. The fourth-order valence-corrected chi connectivity index (χ4v) is 3.67. The molecule has 2 aromatic rings. The van der Waals surface area contributed by atoms with E-state index >= 15 is 0 Å². The first-order chi connectivity index (χ1) is 15.0. The largest absolute Gasteiger partial charge is 0.457 e. The average Bonchev–Trinajstić information content (AvgIpc) is 2.74. The molecule has 1 fully saturated rings. The second-order valence-corrected chi connectivity index (χ2v) is 7.88. The standard InChI is InChI=1S/C24H33N5O2/c1-3-26-24(28-20-11-13-29(14-12-20)17-23(25)30)27-16-19-8-4-5-10-22(19)31-21-9-6-7-18(2)15-21/h4-10,15,20H,3,11-14,16-17H2,1-2H3,(H2,25,30)(H2,26,27,28). The van der Waals surface area contributed by atoms with Gasteiger partial charge in [-0.2, -0.15) is 0 Å². The second kappa shape index (κ2) is 11.4. The van der Waals surface area contributed by atoms with Crippen molar-refractivity contribution in [1.82, 2.24) is 15.5 Å². The summed E-state index contributed by atoms with van der Waals surface area (Å²) >= 11 is 0. The molecule has 0 bridgehead atoms. The number of benzene rings is 2. The van der Waals surface area contributed by atoms with E-state index in [2.05, 4.69) is 35.4 Å². The van der Waals surface area contributed by atoms with Crippen molar-refractivity contribution >= 4 is 11.9 Å². The number of nitrogens with one attached hydrogen (secondary N) is 2. The van der Waals surface area contributed by atoms with Gasteiger partial charge in [-0.15, -0.1) is 0 Å². The lowest BCUT2D eigenvalue weighted by atomic mass is 10.1. The zero-order valence-electron chi connectivity index (χ0n) is 18.4. The normalized spacial score (nSPS) is 15.5. The van der Waals surface area contributed by atoms with Crippen LogP contribution in [-0.4, -0.2) is 49.0 Å². The van der Waals surface area contributed by atoms with Crippen LogP contribution in [0.2, 0.25) is 0 Å². The molecule has 0 aliphatic carbocycles. The maximum absolute atomic E-state index is 11.1. The summed E-state index contributed by atoms with van der Waals surface area (Å²) in [4.78, 5) is 18.0. The zero-order valence-corrected chi connectivity index (χ0v) is 18.4. The van der Waals surface area contributed by atoms with Crippen molar-refractivity contribution in [3.8, 4) is 11.5 Å². The van der Waals surface area contributed by atoms with Gasteiger partial charge in [0.2, 0.25) is 5.91 Å². The van der Waals surface area contributed by atoms with Gasteiger partial charge in [-0.1, -0.05) is 30.3 Å². The van der Waals surface area contributed by atoms with Gasteiger partial charge in [-0.3, -0.25) is 9.69 Å². The first-order valence-electron chi connectivity index (χ1n) is 10.9. The number of amides is 1. The van der Waals surface area contributed by atoms with Crippen LogP contribution in [0.3, 0.4) is 0 Å². The highest BCUT2D eigenvalue weighted by atomic mass is 16.5. The fourth-order valence-electron chi connectivity index (χ4n) is 3.67. The molecule has 0 atom stereocenters. The molecule has 1 aliphatic heterocycles. The van der Waals surface area contributed by atoms with Crippen LogP contribution in [0.4, 0.5) is 0 Å². The first kappa shape index (κ1) is 22.6. The van der Waals surface area contributed by atoms with Gasteiger partial charge in [0, 0.05) is 31.2 Å². The zero-order chi connectivity index (χ0) is 22.1. The third kappa shape index (κ3) is 7.29. The van der Waals surface area contributed by atoms with Crippen molar-refractivity contribution in [2.75, 3.05) is 26.2 Å². The van der Waals surface area contributed by atoms with E-state index in [1.54, 1.807) is 0 Å². The van der Waals surface area contributed by atoms with Crippen LogP contribution < -0.4 is 21.1 Å². The molecule has 0 unspecified atom stereocenters.